The van der Waals surface area contributed by atoms with Gasteiger partial charge < -0.3 is 19.9 Å². The van der Waals surface area contributed by atoms with Crippen molar-refractivity contribution in [2.45, 2.75) is 26.2 Å². The van der Waals surface area contributed by atoms with E-state index in [0.29, 0.717) is 32.0 Å². The van der Waals surface area contributed by atoms with E-state index in [9.17, 15) is 4.39 Å². The number of aryl methyl sites for hydroxylation is 1. The maximum Gasteiger partial charge on any atom is 0.245 e. The minimum atomic E-state index is -0.465. The number of piperidine rings is 1. The van der Waals surface area contributed by atoms with Crippen molar-refractivity contribution in [2.24, 2.45) is 5.10 Å². The summed E-state index contributed by atoms with van der Waals surface area (Å²) in [6.07, 6.45) is 8.32. The molecule has 0 saturated carbocycles. The van der Waals surface area contributed by atoms with E-state index in [1.807, 2.05) is 17.0 Å². The Morgan fingerprint density at radius 1 is 0.944 bits per heavy atom. The zero-order valence-corrected chi connectivity index (χ0v) is 20.5. The van der Waals surface area contributed by atoms with Crippen molar-refractivity contribution in [1.82, 2.24) is 15.0 Å². The Morgan fingerprint density at radius 3 is 2.56 bits per heavy atom. The molecular weight excluding hydrogens is 459 g/mol. The minimum Gasteiger partial charge on any atom is -0.378 e. The summed E-state index contributed by atoms with van der Waals surface area (Å²) in [6, 6.07) is 10.4. The normalized spacial score (nSPS) is 16.4. The lowest BCUT2D eigenvalue weighted by atomic mass is 10.1. The molecule has 1 aromatic carbocycles. The molecule has 0 atom stereocenters. The lowest BCUT2D eigenvalue weighted by Gasteiger charge is -2.29. The molecule has 0 spiro atoms. The van der Waals surface area contributed by atoms with Gasteiger partial charge in [0, 0.05) is 37.6 Å². The van der Waals surface area contributed by atoms with Gasteiger partial charge in [0.15, 0.2) is 11.6 Å². The molecule has 4 heterocycles. The van der Waals surface area contributed by atoms with Crippen molar-refractivity contribution >= 4 is 35.0 Å². The molecule has 10 heteroatoms. The van der Waals surface area contributed by atoms with Crippen LogP contribution in [0.15, 0.2) is 47.8 Å². The van der Waals surface area contributed by atoms with E-state index in [1.54, 1.807) is 12.4 Å². The highest BCUT2D eigenvalue weighted by molar-refractivity contribution is 5.78. The number of pyridine rings is 1. The molecule has 3 aromatic rings. The Balaban J connectivity index is 1.20. The molecule has 0 unspecified atom stereocenters. The summed E-state index contributed by atoms with van der Waals surface area (Å²) in [5.74, 6) is 0.00313. The zero-order chi connectivity index (χ0) is 24.7. The molecular formula is C26H31FN8O. The molecule has 2 fully saturated rings. The van der Waals surface area contributed by atoms with Gasteiger partial charge in [-0.2, -0.15) is 10.1 Å². The lowest BCUT2D eigenvalue weighted by molar-refractivity contribution is 0.122. The number of nitrogens with one attached hydrogen (secondary N) is 2. The van der Waals surface area contributed by atoms with Crippen molar-refractivity contribution in [3.05, 3.63) is 59.8 Å². The molecule has 2 aliphatic rings. The van der Waals surface area contributed by atoms with E-state index in [2.05, 4.69) is 60.8 Å². The molecule has 5 rings (SSSR count). The molecule has 0 amide bonds. The maximum atomic E-state index is 14.2. The molecule has 0 aliphatic carbocycles. The molecule has 0 bridgehead atoms. The van der Waals surface area contributed by atoms with Crippen LogP contribution in [0.25, 0.3) is 0 Å². The zero-order valence-electron chi connectivity index (χ0n) is 20.5. The number of hydrogen-bond acceptors (Lipinski definition) is 9. The molecule has 9 nitrogen and oxygen atoms in total. The fourth-order valence-corrected chi connectivity index (χ4v) is 4.46. The van der Waals surface area contributed by atoms with Crippen LogP contribution in [0, 0.1) is 12.7 Å². The first-order chi connectivity index (χ1) is 17.6. The van der Waals surface area contributed by atoms with Gasteiger partial charge in [-0.1, -0.05) is 0 Å². The van der Waals surface area contributed by atoms with Gasteiger partial charge in [0.05, 0.1) is 43.2 Å². The fourth-order valence-electron chi connectivity index (χ4n) is 4.46. The number of hydrogen-bond donors (Lipinski definition) is 2. The second-order valence-electron chi connectivity index (χ2n) is 9.04. The highest BCUT2D eigenvalue weighted by atomic mass is 19.1. The summed E-state index contributed by atoms with van der Waals surface area (Å²) in [5.41, 5.74) is 7.86. The number of hydrazone groups is 1. The summed E-state index contributed by atoms with van der Waals surface area (Å²) >= 11 is 0. The van der Waals surface area contributed by atoms with E-state index < -0.39 is 5.82 Å². The van der Waals surface area contributed by atoms with Gasteiger partial charge in [0.1, 0.15) is 0 Å². The largest absolute Gasteiger partial charge is 0.378 e. The molecule has 2 aliphatic heterocycles. The number of morpholine rings is 1. The third-order valence-corrected chi connectivity index (χ3v) is 6.26. The van der Waals surface area contributed by atoms with Gasteiger partial charge >= 0.3 is 0 Å². The SMILES string of the molecule is Cc1cc(Nc2ccc(/C=N\Nc3ncc(F)c(N4CCOCC4)n3)nc2)cc(N2CCCCC2)c1. The molecule has 0 radical (unpaired) electrons. The van der Waals surface area contributed by atoms with Gasteiger partial charge in [0.2, 0.25) is 5.95 Å². The Labute approximate surface area is 210 Å². The molecule has 2 aromatic heterocycles. The topological polar surface area (TPSA) is 90.8 Å². The average molecular weight is 491 g/mol. The summed E-state index contributed by atoms with van der Waals surface area (Å²) in [6.45, 7) is 6.62. The quantitative estimate of drug-likeness (QED) is 0.374. The van der Waals surface area contributed by atoms with E-state index in [4.69, 9.17) is 4.74 Å². The molecule has 36 heavy (non-hydrogen) atoms. The van der Waals surface area contributed by atoms with Crippen LogP contribution in [0.4, 0.5) is 33.2 Å². The Morgan fingerprint density at radius 2 is 1.78 bits per heavy atom. The number of halogens is 1. The van der Waals surface area contributed by atoms with Gasteiger partial charge in [-0.05, 0) is 62.1 Å². The third kappa shape index (κ3) is 6.06. The van der Waals surface area contributed by atoms with Crippen LogP contribution in [-0.4, -0.2) is 60.6 Å². The number of nitrogens with zero attached hydrogens (tertiary/aromatic N) is 6. The van der Waals surface area contributed by atoms with E-state index in [-0.39, 0.29) is 11.8 Å². The van der Waals surface area contributed by atoms with Crippen LogP contribution in [0.2, 0.25) is 0 Å². The number of anilines is 5. The monoisotopic (exact) mass is 490 g/mol. The average Bonchev–Trinajstić information content (AvgIpc) is 2.91. The maximum absolute atomic E-state index is 14.2. The van der Waals surface area contributed by atoms with Crippen LogP contribution in [-0.2, 0) is 4.74 Å². The number of benzene rings is 1. The Hall–Kier alpha value is -3.79. The van der Waals surface area contributed by atoms with Crippen LogP contribution in [0.3, 0.4) is 0 Å². The Kier molecular flexibility index (Phi) is 7.51. The molecule has 188 valence electrons. The first-order valence-corrected chi connectivity index (χ1v) is 12.4. The van der Waals surface area contributed by atoms with E-state index in [0.717, 1.165) is 30.7 Å². The van der Waals surface area contributed by atoms with Crippen molar-refractivity contribution < 1.29 is 9.13 Å². The van der Waals surface area contributed by atoms with Crippen LogP contribution in [0.5, 0.6) is 0 Å². The van der Waals surface area contributed by atoms with Crippen LogP contribution < -0.4 is 20.5 Å². The van der Waals surface area contributed by atoms with Gasteiger partial charge in [-0.25, -0.2) is 14.8 Å². The molecule has 2 saturated heterocycles. The summed E-state index contributed by atoms with van der Waals surface area (Å²) in [5, 5.41) is 7.62. The summed E-state index contributed by atoms with van der Waals surface area (Å²) in [7, 11) is 0. The summed E-state index contributed by atoms with van der Waals surface area (Å²) < 4.78 is 19.5. The predicted molar refractivity (Wildman–Crippen MR) is 141 cm³/mol. The highest BCUT2D eigenvalue weighted by Gasteiger charge is 2.17. The highest BCUT2D eigenvalue weighted by Crippen LogP contribution is 2.27. The van der Waals surface area contributed by atoms with Gasteiger partial charge in [-0.15, -0.1) is 0 Å². The predicted octanol–water partition coefficient (Wildman–Crippen LogP) is 4.34. The third-order valence-electron chi connectivity index (χ3n) is 6.26. The lowest BCUT2D eigenvalue weighted by Crippen LogP contribution is -2.37. The van der Waals surface area contributed by atoms with Crippen molar-refractivity contribution in [2.75, 3.05) is 59.9 Å². The van der Waals surface area contributed by atoms with Crippen molar-refractivity contribution in [3.8, 4) is 0 Å². The fraction of sp³-hybridized carbons (Fsp3) is 0.385. The van der Waals surface area contributed by atoms with E-state index in [1.165, 1.54) is 30.5 Å². The van der Waals surface area contributed by atoms with Crippen LogP contribution >= 0.6 is 0 Å². The summed E-state index contributed by atoms with van der Waals surface area (Å²) in [4.78, 5) is 17.0. The smallest absolute Gasteiger partial charge is 0.245 e. The standard InChI is InChI=1S/C26H31FN8O/c1-19-13-22(15-23(14-19)34-7-3-2-4-8-34)31-21-6-5-20(28-16-21)17-30-33-26-29-18-24(27)25(32-26)35-9-11-36-12-10-35/h5-6,13-18,31H,2-4,7-12H2,1H3,(H,29,32,33)/b30-17-. The van der Waals surface area contributed by atoms with Crippen LogP contribution in [0.1, 0.15) is 30.5 Å². The molecule has 2 N–H and O–H groups in total. The van der Waals surface area contributed by atoms with Gasteiger partial charge in [-0.3, -0.25) is 4.98 Å². The number of ether oxygens (including phenoxy) is 1. The number of aromatic nitrogens is 3. The minimum absolute atomic E-state index is 0.219. The Bertz CT molecular complexity index is 1190. The first kappa shape index (κ1) is 23.9. The van der Waals surface area contributed by atoms with Gasteiger partial charge in [0.25, 0.3) is 0 Å². The van der Waals surface area contributed by atoms with Crippen molar-refractivity contribution in [3.63, 3.8) is 0 Å². The second kappa shape index (κ2) is 11.3. The first-order valence-electron chi connectivity index (χ1n) is 12.4. The second-order valence-corrected chi connectivity index (χ2v) is 9.04. The van der Waals surface area contributed by atoms with E-state index >= 15 is 0 Å². The number of rotatable bonds is 7. The van der Waals surface area contributed by atoms with Crippen molar-refractivity contribution in [1.29, 1.82) is 0 Å².